The van der Waals surface area contributed by atoms with Crippen LogP contribution in [-0.2, 0) is 9.53 Å². The van der Waals surface area contributed by atoms with Crippen LogP contribution in [0, 0.1) is 11.8 Å². The number of nitrogens with one attached hydrogen (secondary N) is 1. The maximum absolute atomic E-state index is 12.5. The Balaban J connectivity index is 2.13. The van der Waals surface area contributed by atoms with Gasteiger partial charge < -0.3 is 15.3 Å². The largest absolute Gasteiger partial charge is 0.411 e. The van der Waals surface area contributed by atoms with Crippen molar-refractivity contribution in [3.05, 3.63) is 29.8 Å². The Morgan fingerprint density at radius 2 is 2.00 bits per heavy atom. The Morgan fingerprint density at radius 1 is 1.29 bits per heavy atom. The molecular weight excluding hydrogens is 268 g/mol. The number of carbonyl (C=O) groups is 1. The molecule has 1 aromatic carbocycles. The maximum Gasteiger partial charge on any atom is 0.230 e. The highest BCUT2D eigenvalue weighted by atomic mass is 16.5. The van der Waals surface area contributed by atoms with Crippen molar-refractivity contribution in [3.63, 3.8) is 0 Å². The van der Waals surface area contributed by atoms with Crippen LogP contribution in [0.2, 0.25) is 0 Å². The van der Waals surface area contributed by atoms with Crippen molar-refractivity contribution in [1.82, 2.24) is 0 Å². The van der Waals surface area contributed by atoms with E-state index < -0.39 is 0 Å². The van der Waals surface area contributed by atoms with E-state index in [-0.39, 0.29) is 30.0 Å². The number of ether oxygens (including phenoxy) is 1. The number of rotatable bonds is 3. The van der Waals surface area contributed by atoms with Gasteiger partial charge in [-0.2, -0.15) is 0 Å². The Hall–Kier alpha value is -1.88. The average Bonchev–Trinajstić information content (AvgIpc) is 2.71. The molecule has 5 heteroatoms. The molecule has 2 rings (SSSR count). The van der Waals surface area contributed by atoms with Gasteiger partial charge in [-0.05, 0) is 38.8 Å². The molecule has 0 saturated carbocycles. The lowest BCUT2D eigenvalue weighted by Gasteiger charge is -2.18. The summed E-state index contributed by atoms with van der Waals surface area (Å²) in [5, 5.41) is 14.9. The highest BCUT2D eigenvalue weighted by molar-refractivity contribution is 6.00. The molecule has 1 aromatic rings. The molecule has 4 unspecified atom stereocenters. The van der Waals surface area contributed by atoms with Crippen molar-refractivity contribution in [2.45, 2.75) is 39.9 Å². The van der Waals surface area contributed by atoms with Gasteiger partial charge in [0.05, 0.1) is 23.8 Å². The first-order valence-electron chi connectivity index (χ1n) is 7.19. The smallest absolute Gasteiger partial charge is 0.230 e. The van der Waals surface area contributed by atoms with Crippen LogP contribution in [-0.4, -0.2) is 29.0 Å². The van der Waals surface area contributed by atoms with Crippen LogP contribution in [0.4, 0.5) is 5.69 Å². The van der Waals surface area contributed by atoms with Crippen molar-refractivity contribution >= 4 is 17.3 Å². The van der Waals surface area contributed by atoms with Crippen molar-refractivity contribution in [2.24, 2.45) is 17.0 Å². The SMILES string of the molecule is CC(=NO)c1cccc(NC(=O)C2C(C)OC(C)C2C)c1. The summed E-state index contributed by atoms with van der Waals surface area (Å²) in [6, 6.07) is 7.26. The van der Waals surface area contributed by atoms with Crippen molar-refractivity contribution in [2.75, 3.05) is 5.32 Å². The maximum atomic E-state index is 12.5. The lowest BCUT2D eigenvalue weighted by atomic mass is 9.89. The molecule has 21 heavy (non-hydrogen) atoms. The van der Waals surface area contributed by atoms with Crippen LogP contribution in [0.3, 0.4) is 0 Å². The topological polar surface area (TPSA) is 70.9 Å². The molecule has 0 aromatic heterocycles. The second-order valence-corrected chi connectivity index (χ2v) is 5.69. The molecular formula is C16H22N2O3. The van der Waals surface area contributed by atoms with Crippen LogP contribution in [0.1, 0.15) is 33.3 Å². The number of amides is 1. The second kappa shape index (κ2) is 6.26. The predicted molar refractivity (Wildman–Crippen MR) is 81.7 cm³/mol. The predicted octanol–water partition coefficient (Wildman–Crippen LogP) is 2.88. The zero-order valence-electron chi connectivity index (χ0n) is 12.8. The summed E-state index contributed by atoms with van der Waals surface area (Å²) in [7, 11) is 0. The van der Waals surface area contributed by atoms with E-state index in [0.717, 1.165) is 5.56 Å². The minimum atomic E-state index is -0.156. The molecule has 2 N–H and O–H groups in total. The minimum Gasteiger partial charge on any atom is -0.411 e. The van der Waals surface area contributed by atoms with Gasteiger partial charge in [0.1, 0.15) is 0 Å². The molecule has 4 atom stereocenters. The molecule has 0 bridgehead atoms. The Morgan fingerprint density at radius 3 is 2.57 bits per heavy atom. The Kier molecular flexibility index (Phi) is 4.63. The van der Waals surface area contributed by atoms with Gasteiger partial charge in [0.25, 0.3) is 0 Å². The third-order valence-electron chi connectivity index (χ3n) is 4.24. The van der Waals surface area contributed by atoms with Crippen LogP contribution < -0.4 is 5.32 Å². The summed E-state index contributed by atoms with van der Waals surface area (Å²) in [6.07, 6.45) is 0.00442. The fourth-order valence-corrected chi connectivity index (χ4v) is 2.82. The van der Waals surface area contributed by atoms with Gasteiger partial charge in [0, 0.05) is 11.3 Å². The number of oxime groups is 1. The quantitative estimate of drug-likeness (QED) is 0.511. The van der Waals surface area contributed by atoms with Gasteiger partial charge in [0.15, 0.2) is 0 Å². The summed E-state index contributed by atoms with van der Waals surface area (Å²) < 4.78 is 5.71. The molecule has 1 heterocycles. The third-order valence-corrected chi connectivity index (χ3v) is 4.24. The molecule has 1 fully saturated rings. The standard InChI is InChI=1S/C16H22N2O3/c1-9-11(3)21-12(4)15(9)16(19)17-14-7-5-6-13(8-14)10(2)18-20/h5-9,11-12,15,20H,1-4H3,(H,17,19). The van der Waals surface area contributed by atoms with Crippen LogP contribution in [0.5, 0.6) is 0 Å². The first-order chi connectivity index (χ1) is 9.93. The molecule has 0 radical (unpaired) electrons. The Labute approximate surface area is 125 Å². The zero-order valence-corrected chi connectivity index (χ0v) is 12.8. The van der Waals surface area contributed by atoms with Crippen LogP contribution in [0.15, 0.2) is 29.4 Å². The van der Waals surface area contributed by atoms with Gasteiger partial charge in [-0.25, -0.2) is 0 Å². The zero-order chi connectivity index (χ0) is 15.6. The fraction of sp³-hybridized carbons (Fsp3) is 0.500. The fourth-order valence-electron chi connectivity index (χ4n) is 2.82. The van der Waals surface area contributed by atoms with Gasteiger partial charge in [0.2, 0.25) is 5.91 Å². The molecule has 1 amide bonds. The van der Waals surface area contributed by atoms with E-state index >= 15 is 0 Å². The van der Waals surface area contributed by atoms with Gasteiger partial charge in [-0.1, -0.05) is 24.2 Å². The monoisotopic (exact) mass is 290 g/mol. The first kappa shape index (κ1) is 15.5. The summed E-state index contributed by atoms with van der Waals surface area (Å²) in [5.74, 6) is -0.00437. The first-order valence-corrected chi connectivity index (χ1v) is 7.19. The molecule has 1 aliphatic heterocycles. The second-order valence-electron chi connectivity index (χ2n) is 5.69. The Bertz CT molecular complexity index is 556. The van der Waals surface area contributed by atoms with Gasteiger partial charge in [-0.15, -0.1) is 0 Å². The summed E-state index contributed by atoms with van der Waals surface area (Å²) in [4.78, 5) is 12.5. The highest BCUT2D eigenvalue weighted by Gasteiger charge is 2.41. The van der Waals surface area contributed by atoms with Crippen molar-refractivity contribution in [3.8, 4) is 0 Å². The molecule has 5 nitrogen and oxygen atoms in total. The molecule has 1 saturated heterocycles. The van der Waals surface area contributed by atoms with Gasteiger partial charge in [-0.3, -0.25) is 4.79 Å². The average molecular weight is 290 g/mol. The number of hydrogen-bond donors (Lipinski definition) is 2. The molecule has 114 valence electrons. The van der Waals surface area contributed by atoms with Crippen LogP contribution in [0.25, 0.3) is 0 Å². The number of benzene rings is 1. The van der Waals surface area contributed by atoms with E-state index in [1.54, 1.807) is 13.0 Å². The third kappa shape index (κ3) is 3.24. The minimum absolute atomic E-state index is 0.0323. The highest BCUT2D eigenvalue weighted by Crippen LogP contribution is 2.33. The van der Waals surface area contributed by atoms with E-state index in [0.29, 0.717) is 11.4 Å². The van der Waals surface area contributed by atoms with Crippen molar-refractivity contribution in [1.29, 1.82) is 0 Å². The van der Waals surface area contributed by atoms with E-state index in [9.17, 15) is 4.79 Å². The number of hydrogen-bond acceptors (Lipinski definition) is 4. The van der Waals surface area contributed by atoms with E-state index in [4.69, 9.17) is 9.94 Å². The lowest BCUT2D eigenvalue weighted by molar-refractivity contribution is -0.121. The van der Waals surface area contributed by atoms with Gasteiger partial charge >= 0.3 is 0 Å². The molecule has 0 spiro atoms. The molecule has 1 aliphatic rings. The lowest BCUT2D eigenvalue weighted by Crippen LogP contribution is -2.32. The van der Waals surface area contributed by atoms with E-state index in [2.05, 4.69) is 10.5 Å². The number of carbonyl (C=O) groups excluding carboxylic acids is 1. The van der Waals surface area contributed by atoms with Crippen molar-refractivity contribution < 1.29 is 14.7 Å². The van der Waals surface area contributed by atoms with E-state index in [1.807, 2.05) is 39.0 Å². The normalized spacial score (nSPS) is 29.4. The summed E-state index contributed by atoms with van der Waals surface area (Å²) >= 11 is 0. The molecule has 0 aliphatic carbocycles. The van der Waals surface area contributed by atoms with Crippen LogP contribution >= 0.6 is 0 Å². The van der Waals surface area contributed by atoms with E-state index in [1.165, 1.54) is 0 Å². The summed E-state index contributed by atoms with van der Waals surface area (Å²) in [5.41, 5.74) is 1.97. The number of anilines is 1. The number of nitrogens with zero attached hydrogens (tertiary/aromatic N) is 1. The summed E-state index contributed by atoms with van der Waals surface area (Å²) in [6.45, 7) is 7.67.